The molecule has 0 aliphatic carbocycles. The zero-order valence-electron chi connectivity index (χ0n) is 15.0. The van der Waals surface area contributed by atoms with Crippen molar-refractivity contribution >= 4 is 16.9 Å². The van der Waals surface area contributed by atoms with Gasteiger partial charge in [-0.1, -0.05) is 6.07 Å². The van der Waals surface area contributed by atoms with Crippen molar-refractivity contribution in [3.63, 3.8) is 0 Å². The van der Waals surface area contributed by atoms with E-state index in [9.17, 15) is 13.6 Å². The third kappa shape index (κ3) is 3.29. The van der Waals surface area contributed by atoms with Gasteiger partial charge in [0.1, 0.15) is 0 Å². The first kappa shape index (κ1) is 18.0. The summed E-state index contributed by atoms with van der Waals surface area (Å²) in [6.07, 6.45) is 1.68. The van der Waals surface area contributed by atoms with Crippen LogP contribution in [0.5, 0.6) is 0 Å². The van der Waals surface area contributed by atoms with Crippen molar-refractivity contribution in [1.82, 2.24) is 20.1 Å². The van der Waals surface area contributed by atoms with Crippen LogP contribution in [0.3, 0.4) is 0 Å². The quantitative estimate of drug-likeness (QED) is 0.764. The monoisotopic (exact) mass is 358 g/mol. The van der Waals surface area contributed by atoms with Gasteiger partial charge in [-0.15, -0.1) is 0 Å². The van der Waals surface area contributed by atoms with E-state index in [2.05, 4.69) is 15.4 Å². The molecule has 1 amide bonds. The third-order valence-electron chi connectivity index (χ3n) is 4.28. The molecule has 2 aromatic heterocycles. The number of aryl methyl sites for hydroxylation is 1. The molecule has 2 heterocycles. The zero-order valence-corrected chi connectivity index (χ0v) is 15.0. The molecule has 0 saturated heterocycles. The lowest BCUT2D eigenvalue weighted by molar-refractivity contribution is 0.0939. The van der Waals surface area contributed by atoms with Crippen LogP contribution in [-0.4, -0.2) is 20.7 Å². The smallest absolute Gasteiger partial charge is 0.253 e. The van der Waals surface area contributed by atoms with Gasteiger partial charge in [0.15, 0.2) is 17.3 Å². The highest BCUT2D eigenvalue weighted by Gasteiger charge is 2.18. The fraction of sp³-hybridized carbons (Fsp3) is 0.316. The Hall–Kier alpha value is -2.83. The molecular formula is C19H20F2N4O. The molecule has 136 valence electrons. The van der Waals surface area contributed by atoms with Gasteiger partial charge in [0.05, 0.1) is 23.5 Å². The van der Waals surface area contributed by atoms with E-state index in [-0.39, 0.29) is 11.9 Å². The summed E-state index contributed by atoms with van der Waals surface area (Å²) in [6, 6.07) is 5.01. The SMILES string of the molecule is Cc1nc2c(cnn2C(C)C)cc1C(=O)N[C@@H](C)c1ccc(F)c(F)c1. The number of pyridine rings is 1. The Morgan fingerprint density at radius 1 is 1.15 bits per heavy atom. The molecule has 0 aliphatic heterocycles. The van der Waals surface area contributed by atoms with Crippen LogP contribution < -0.4 is 5.32 Å². The highest BCUT2D eigenvalue weighted by molar-refractivity contribution is 5.98. The van der Waals surface area contributed by atoms with E-state index in [4.69, 9.17) is 0 Å². The van der Waals surface area contributed by atoms with E-state index < -0.39 is 17.7 Å². The van der Waals surface area contributed by atoms with Gasteiger partial charge in [-0.2, -0.15) is 5.10 Å². The van der Waals surface area contributed by atoms with Crippen molar-refractivity contribution in [2.75, 3.05) is 0 Å². The molecule has 3 aromatic rings. The lowest BCUT2D eigenvalue weighted by atomic mass is 10.1. The molecule has 0 spiro atoms. The normalized spacial score (nSPS) is 12.6. The number of nitrogens with zero attached hydrogens (tertiary/aromatic N) is 3. The van der Waals surface area contributed by atoms with Gasteiger partial charge < -0.3 is 5.32 Å². The maximum absolute atomic E-state index is 13.4. The van der Waals surface area contributed by atoms with Crippen LogP contribution in [0.25, 0.3) is 11.0 Å². The number of nitrogens with one attached hydrogen (secondary N) is 1. The first-order valence-electron chi connectivity index (χ1n) is 8.38. The number of hydrogen-bond acceptors (Lipinski definition) is 3. The summed E-state index contributed by atoms with van der Waals surface area (Å²) < 4.78 is 28.3. The Kier molecular flexibility index (Phi) is 4.71. The second kappa shape index (κ2) is 6.82. The average molecular weight is 358 g/mol. The molecule has 1 N–H and O–H groups in total. The Labute approximate surface area is 150 Å². The van der Waals surface area contributed by atoms with E-state index in [1.54, 1.807) is 30.8 Å². The number of carbonyl (C=O) groups is 1. The summed E-state index contributed by atoms with van der Waals surface area (Å²) in [4.78, 5) is 17.2. The third-order valence-corrected chi connectivity index (χ3v) is 4.28. The van der Waals surface area contributed by atoms with E-state index in [0.717, 1.165) is 23.2 Å². The van der Waals surface area contributed by atoms with E-state index in [1.165, 1.54) is 6.07 Å². The summed E-state index contributed by atoms with van der Waals surface area (Å²) in [5.41, 5.74) is 2.21. The minimum Gasteiger partial charge on any atom is -0.345 e. The Bertz CT molecular complexity index is 981. The molecule has 26 heavy (non-hydrogen) atoms. The summed E-state index contributed by atoms with van der Waals surface area (Å²) in [5.74, 6) is -2.18. The fourth-order valence-corrected chi connectivity index (χ4v) is 2.81. The van der Waals surface area contributed by atoms with Gasteiger partial charge >= 0.3 is 0 Å². The highest BCUT2D eigenvalue weighted by atomic mass is 19.2. The van der Waals surface area contributed by atoms with Gasteiger partial charge in [-0.05, 0) is 51.5 Å². The molecule has 5 nitrogen and oxygen atoms in total. The van der Waals surface area contributed by atoms with Crippen LogP contribution >= 0.6 is 0 Å². The second-order valence-electron chi connectivity index (χ2n) is 6.59. The first-order valence-corrected chi connectivity index (χ1v) is 8.38. The molecular weight excluding hydrogens is 338 g/mol. The van der Waals surface area contributed by atoms with Crippen molar-refractivity contribution in [2.24, 2.45) is 0 Å². The Balaban J connectivity index is 1.87. The average Bonchev–Trinajstić information content (AvgIpc) is 2.99. The molecule has 0 radical (unpaired) electrons. The molecule has 0 unspecified atom stereocenters. The summed E-state index contributed by atoms with van der Waals surface area (Å²) in [7, 11) is 0. The van der Waals surface area contributed by atoms with Crippen LogP contribution in [-0.2, 0) is 0 Å². The van der Waals surface area contributed by atoms with Crippen molar-refractivity contribution in [3.05, 3.63) is 58.9 Å². The summed E-state index contributed by atoms with van der Waals surface area (Å²) in [6.45, 7) is 7.48. The van der Waals surface area contributed by atoms with Gasteiger partial charge in [0.25, 0.3) is 5.91 Å². The minimum absolute atomic E-state index is 0.160. The molecule has 0 fully saturated rings. The minimum atomic E-state index is -0.941. The maximum atomic E-state index is 13.4. The second-order valence-corrected chi connectivity index (χ2v) is 6.59. The van der Waals surface area contributed by atoms with Gasteiger partial charge in [-0.25, -0.2) is 18.4 Å². The number of hydrogen-bond donors (Lipinski definition) is 1. The van der Waals surface area contributed by atoms with Crippen LogP contribution in [0.1, 0.15) is 54.5 Å². The molecule has 1 aromatic carbocycles. The number of benzene rings is 1. The van der Waals surface area contributed by atoms with E-state index >= 15 is 0 Å². The number of halogens is 2. The van der Waals surface area contributed by atoms with Gasteiger partial charge in [0, 0.05) is 11.4 Å². The van der Waals surface area contributed by atoms with E-state index in [0.29, 0.717) is 16.8 Å². The molecule has 3 rings (SSSR count). The van der Waals surface area contributed by atoms with Crippen molar-refractivity contribution in [2.45, 2.75) is 39.8 Å². The lowest BCUT2D eigenvalue weighted by Gasteiger charge is -2.16. The van der Waals surface area contributed by atoms with Crippen LogP contribution in [0.15, 0.2) is 30.5 Å². The largest absolute Gasteiger partial charge is 0.345 e. The Morgan fingerprint density at radius 3 is 2.54 bits per heavy atom. The number of aromatic nitrogens is 3. The van der Waals surface area contributed by atoms with Crippen LogP contribution in [0.4, 0.5) is 8.78 Å². The Morgan fingerprint density at radius 2 is 1.88 bits per heavy atom. The number of carbonyl (C=O) groups excluding carboxylic acids is 1. The zero-order chi connectivity index (χ0) is 19.0. The molecule has 0 aliphatic rings. The molecule has 0 saturated carbocycles. The number of fused-ring (bicyclic) bond motifs is 1. The molecule has 7 heteroatoms. The molecule has 0 bridgehead atoms. The predicted molar refractivity (Wildman–Crippen MR) is 94.9 cm³/mol. The van der Waals surface area contributed by atoms with Gasteiger partial charge in [-0.3, -0.25) is 4.79 Å². The van der Waals surface area contributed by atoms with Crippen molar-refractivity contribution in [3.8, 4) is 0 Å². The highest BCUT2D eigenvalue weighted by Crippen LogP contribution is 2.21. The number of rotatable bonds is 4. The van der Waals surface area contributed by atoms with Crippen molar-refractivity contribution < 1.29 is 13.6 Å². The van der Waals surface area contributed by atoms with Crippen LogP contribution in [0, 0.1) is 18.6 Å². The lowest BCUT2D eigenvalue weighted by Crippen LogP contribution is -2.27. The molecule has 1 atom stereocenters. The summed E-state index contributed by atoms with van der Waals surface area (Å²) in [5, 5.41) is 7.88. The fourth-order valence-electron chi connectivity index (χ4n) is 2.81. The standard InChI is InChI=1S/C19H20F2N4O/c1-10(2)25-18-14(9-22-25)7-15(12(4)23-18)19(26)24-11(3)13-5-6-16(20)17(21)8-13/h5-11H,1-4H3,(H,24,26)/t11-/m0/s1. The van der Waals surface area contributed by atoms with Gasteiger partial charge in [0.2, 0.25) is 0 Å². The maximum Gasteiger partial charge on any atom is 0.253 e. The topological polar surface area (TPSA) is 59.8 Å². The first-order chi connectivity index (χ1) is 12.3. The van der Waals surface area contributed by atoms with Crippen molar-refractivity contribution in [1.29, 1.82) is 0 Å². The number of amides is 1. The van der Waals surface area contributed by atoms with Crippen LogP contribution in [0.2, 0.25) is 0 Å². The predicted octanol–water partition coefficient (Wildman–Crippen LogP) is 4.09. The summed E-state index contributed by atoms with van der Waals surface area (Å²) >= 11 is 0. The van der Waals surface area contributed by atoms with E-state index in [1.807, 2.05) is 13.8 Å².